The van der Waals surface area contributed by atoms with Crippen molar-refractivity contribution in [2.75, 3.05) is 5.32 Å². The number of rotatable bonds is 6. The van der Waals surface area contributed by atoms with Crippen LogP contribution in [0.1, 0.15) is 18.2 Å². The van der Waals surface area contributed by atoms with Gasteiger partial charge >= 0.3 is 0 Å². The van der Waals surface area contributed by atoms with E-state index in [2.05, 4.69) is 25.6 Å². The minimum Gasteiger partial charge on any atom is -0.391 e. The number of hydrogen-bond donors (Lipinski definition) is 3. The van der Waals surface area contributed by atoms with Gasteiger partial charge in [0.1, 0.15) is 11.6 Å². The van der Waals surface area contributed by atoms with E-state index in [1.807, 2.05) is 12.1 Å². The zero-order valence-electron chi connectivity index (χ0n) is 14.7. The summed E-state index contributed by atoms with van der Waals surface area (Å²) in [5.41, 5.74) is 2.10. The van der Waals surface area contributed by atoms with Crippen LogP contribution in [0.25, 0.3) is 10.9 Å². The van der Waals surface area contributed by atoms with E-state index in [4.69, 9.17) is 0 Å². The van der Waals surface area contributed by atoms with Crippen LogP contribution in [0.2, 0.25) is 0 Å². The van der Waals surface area contributed by atoms with Gasteiger partial charge in [-0.2, -0.15) is 10.2 Å². The number of aliphatic hydroxyl groups excluding tert-OH is 1. The van der Waals surface area contributed by atoms with Crippen molar-refractivity contribution >= 4 is 22.5 Å². The first kappa shape index (κ1) is 17.2. The van der Waals surface area contributed by atoms with Crippen LogP contribution in [0.3, 0.4) is 0 Å². The predicted molar refractivity (Wildman–Crippen MR) is 100 cm³/mol. The molecule has 1 atom stereocenters. The molecule has 0 saturated carbocycles. The van der Waals surface area contributed by atoms with Crippen molar-refractivity contribution in [3.8, 4) is 0 Å². The third kappa shape index (κ3) is 3.80. The van der Waals surface area contributed by atoms with E-state index < -0.39 is 6.10 Å². The molecule has 8 heteroatoms. The second kappa shape index (κ2) is 7.16. The minimum atomic E-state index is -0.482. The first-order chi connectivity index (χ1) is 13.1. The molecule has 138 valence electrons. The maximum atomic E-state index is 14.1. The van der Waals surface area contributed by atoms with Crippen molar-refractivity contribution in [1.29, 1.82) is 0 Å². The number of nitrogens with zero attached hydrogens (tertiary/aromatic N) is 4. The van der Waals surface area contributed by atoms with Gasteiger partial charge in [-0.05, 0) is 18.6 Å². The Kier molecular flexibility index (Phi) is 4.55. The number of nitrogens with one attached hydrogen (secondary N) is 2. The molecule has 0 aliphatic heterocycles. The Morgan fingerprint density at radius 1 is 1.26 bits per heavy atom. The van der Waals surface area contributed by atoms with Crippen LogP contribution < -0.4 is 5.32 Å². The summed E-state index contributed by atoms with van der Waals surface area (Å²) < 4.78 is 15.7. The highest BCUT2D eigenvalue weighted by atomic mass is 19.1. The van der Waals surface area contributed by atoms with Crippen molar-refractivity contribution in [2.24, 2.45) is 0 Å². The fourth-order valence-corrected chi connectivity index (χ4v) is 2.96. The number of aromatic nitrogens is 5. The minimum absolute atomic E-state index is 0.258. The summed E-state index contributed by atoms with van der Waals surface area (Å²) in [5, 5.41) is 24.8. The maximum absolute atomic E-state index is 14.1. The zero-order chi connectivity index (χ0) is 18.8. The van der Waals surface area contributed by atoms with E-state index in [9.17, 15) is 9.50 Å². The van der Waals surface area contributed by atoms with Crippen LogP contribution in [0.5, 0.6) is 0 Å². The summed E-state index contributed by atoms with van der Waals surface area (Å²) in [5.74, 6) is 0.936. The standard InChI is InChI=1S/C19H19FN6O/c1-12(27)11-26-7-6-18(25-26)23-19-9-17-14(10-21-24-17)16(22-19)8-13-4-2-3-5-15(13)20/h2-7,9-10,12,27H,8,11H2,1H3,(H,21,24)(H,22,23,25). The van der Waals surface area contributed by atoms with Crippen LogP contribution in [0.15, 0.2) is 48.8 Å². The van der Waals surface area contributed by atoms with Crippen LogP contribution in [0, 0.1) is 5.82 Å². The van der Waals surface area contributed by atoms with Crippen LogP contribution >= 0.6 is 0 Å². The normalized spacial score (nSPS) is 12.4. The number of halogens is 1. The summed E-state index contributed by atoms with van der Waals surface area (Å²) in [4.78, 5) is 4.64. The Labute approximate surface area is 154 Å². The van der Waals surface area contributed by atoms with Crippen LogP contribution in [0.4, 0.5) is 16.0 Å². The summed E-state index contributed by atoms with van der Waals surface area (Å²) in [6.07, 6.45) is 3.35. The van der Waals surface area contributed by atoms with Crippen molar-refractivity contribution < 1.29 is 9.50 Å². The molecular weight excluding hydrogens is 347 g/mol. The topological polar surface area (TPSA) is 91.7 Å². The number of benzene rings is 1. The highest BCUT2D eigenvalue weighted by Gasteiger charge is 2.12. The molecule has 0 amide bonds. The predicted octanol–water partition coefficient (Wildman–Crippen LogP) is 3.01. The third-order valence-corrected chi connectivity index (χ3v) is 4.18. The maximum Gasteiger partial charge on any atom is 0.153 e. The van der Waals surface area contributed by atoms with Gasteiger partial charge in [0.15, 0.2) is 5.82 Å². The van der Waals surface area contributed by atoms with Gasteiger partial charge in [-0.15, -0.1) is 0 Å². The van der Waals surface area contributed by atoms with Gasteiger partial charge in [0, 0.05) is 30.1 Å². The Morgan fingerprint density at radius 3 is 2.93 bits per heavy atom. The molecule has 0 aliphatic carbocycles. The molecule has 27 heavy (non-hydrogen) atoms. The van der Waals surface area contributed by atoms with Gasteiger partial charge < -0.3 is 10.4 Å². The fraction of sp³-hybridized carbons (Fsp3) is 0.211. The Bertz CT molecular complexity index is 1070. The Morgan fingerprint density at radius 2 is 2.11 bits per heavy atom. The molecule has 3 aromatic heterocycles. The molecule has 1 unspecified atom stereocenters. The van der Waals surface area contributed by atoms with E-state index >= 15 is 0 Å². The van der Waals surface area contributed by atoms with Crippen molar-refractivity contribution in [1.82, 2.24) is 25.0 Å². The summed E-state index contributed by atoms with van der Waals surface area (Å²) in [6.45, 7) is 2.12. The number of pyridine rings is 1. The number of aromatic amines is 1. The fourth-order valence-electron chi connectivity index (χ4n) is 2.96. The van der Waals surface area contributed by atoms with Gasteiger partial charge in [0.05, 0.1) is 30.1 Å². The van der Waals surface area contributed by atoms with Gasteiger partial charge in [0.25, 0.3) is 0 Å². The Hall–Kier alpha value is -3.26. The molecule has 0 spiro atoms. The highest BCUT2D eigenvalue weighted by Crippen LogP contribution is 2.24. The third-order valence-electron chi connectivity index (χ3n) is 4.18. The summed E-state index contributed by atoms with van der Waals surface area (Å²) in [6, 6.07) is 10.3. The molecule has 3 heterocycles. The molecule has 0 aliphatic rings. The lowest BCUT2D eigenvalue weighted by Gasteiger charge is -2.08. The molecule has 4 aromatic rings. The number of hydrogen-bond acceptors (Lipinski definition) is 5. The molecular formula is C19H19FN6O. The number of fused-ring (bicyclic) bond motifs is 1. The number of H-pyrrole nitrogens is 1. The Balaban J connectivity index is 1.64. The highest BCUT2D eigenvalue weighted by molar-refractivity contribution is 5.83. The van der Waals surface area contributed by atoms with Gasteiger partial charge in [-0.25, -0.2) is 9.37 Å². The van der Waals surface area contributed by atoms with Gasteiger partial charge in [-0.1, -0.05) is 18.2 Å². The number of anilines is 2. The first-order valence-corrected chi connectivity index (χ1v) is 8.63. The molecule has 4 rings (SSSR count). The van der Waals surface area contributed by atoms with Crippen molar-refractivity contribution in [3.05, 3.63) is 65.9 Å². The van der Waals surface area contributed by atoms with E-state index in [1.165, 1.54) is 6.07 Å². The first-order valence-electron chi connectivity index (χ1n) is 8.63. The van der Waals surface area contributed by atoms with Crippen LogP contribution in [-0.4, -0.2) is 36.2 Å². The molecule has 0 radical (unpaired) electrons. The summed E-state index contributed by atoms with van der Waals surface area (Å²) >= 11 is 0. The lowest BCUT2D eigenvalue weighted by atomic mass is 10.1. The zero-order valence-corrected chi connectivity index (χ0v) is 14.7. The second-order valence-electron chi connectivity index (χ2n) is 6.45. The lowest BCUT2D eigenvalue weighted by Crippen LogP contribution is -2.12. The average molecular weight is 366 g/mol. The number of aliphatic hydroxyl groups is 1. The van der Waals surface area contributed by atoms with Gasteiger partial charge in [-0.3, -0.25) is 9.78 Å². The molecule has 7 nitrogen and oxygen atoms in total. The monoisotopic (exact) mass is 366 g/mol. The lowest BCUT2D eigenvalue weighted by molar-refractivity contribution is 0.168. The molecule has 3 N–H and O–H groups in total. The van der Waals surface area contributed by atoms with E-state index in [0.717, 1.165) is 16.6 Å². The summed E-state index contributed by atoms with van der Waals surface area (Å²) in [7, 11) is 0. The van der Waals surface area contributed by atoms with E-state index in [-0.39, 0.29) is 5.82 Å². The average Bonchev–Trinajstić information content (AvgIpc) is 3.26. The quantitative estimate of drug-likeness (QED) is 0.488. The SMILES string of the molecule is CC(O)Cn1ccc(Nc2cc3[nH]ncc3c(Cc3ccccc3F)n2)n1. The van der Waals surface area contributed by atoms with Gasteiger partial charge in [0.2, 0.25) is 0 Å². The smallest absolute Gasteiger partial charge is 0.153 e. The van der Waals surface area contributed by atoms with Crippen LogP contribution in [-0.2, 0) is 13.0 Å². The van der Waals surface area contributed by atoms with E-state index in [1.54, 1.807) is 42.2 Å². The molecule has 0 fully saturated rings. The molecule has 1 aromatic carbocycles. The molecule has 0 bridgehead atoms. The van der Waals surface area contributed by atoms with Crippen molar-refractivity contribution in [3.63, 3.8) is 0 Å². The molecule has 0 saturated heterocycles. The largest absolute Gasteiger partial charge is 0.391 e. The van der Waals surface area contributed by atoms with Crippen molar-refractivity contribution in [2.45, 2.75) is 26.0 Å². The van der Waals surface area contributed by atoms with E-state index in [0.29, 0.717) is 30.2 Å². The second-order valence-corrected chi connectivity index (χ2v) is 6.45.